The van der Waals surface area contributed by atoms with Crippen LogP contribution in [0.3, 0.4) is 0 Å². The third kappa shape index (κ3) is 10.6. The molecule has 0 aromatic heterocycles. The molecule has 0 bridgehead atoms. The molecule has 0 aromatic carbocycles. The Labute approximate surface area is 181 Å². The third-order valence-electron chi connectivity index (χ3n) is 7.73. The Morgan fingerprint density at radius 3 is 2.00 bits per heavy atom. The standard InChI is InChI=1S/C26H52O3/c1-6-8-10-21(7-2)17-26(29)24(27)12-9-11-23(19(3)4)18-25(28)22-15-13-20(5)14-16-22/h19-29H,6-18H2,1-5H3/t20?,21?,22?,23?,24-,25+,26-/m1/s1. The predicted octanol–water partition coefficient (Wildman–Crippen LogP) is 6.33. The van der Waals surface area contributed by atoms with E-state index in [0.717, 1.165) is 44.4 Å². The molecule has 1 aliphatic rings. The molecule has 3 heteroatoms. The maximum Gasteiger partial charge on any atom is 0.0801 e. The first kappa shape index (κ1) is 26.9. The van der Waals surface area contributed by atoms with Gasteiger partial charge in [0.25, 0.3) is 0 Å². The fourth-order valence-corrected chi connectivity index (χ4v) is 5.16. The first-order chi connectivity index (χ1) is 13.8. The second kappa shape index (κ2) is 14.8. The molecule has 1 saturated carbocycles. The zero-order valence-electron chi connectivity index (χ0n) is 20.2. The maximum atomic E-state index is 10.8. The summed E-state index contributed by atoms with van der Waals surface area (Å²) in [4.78, 5) is 0. The molecule has 1 aliphatic carbocycles. The third-order valence-corrected chi connectivity index (χ3v) is 7.73. The Bertz CT molecular complexity index is 389. The quantitative estimate of drug-likeness (QED) is 0.294. The normalized spacial score (nSPS) is 25.6. The van der Waals surface area contributed by atoms with E-state index in [0.29, 0.717) is 30.1 Å². The molecule has 0 saturated heterocycles. The number of hydrogen-bond donors (Lipinski definition) is 3. The highest BCUT2D eigenvalue weighted by atomic mass is 16.3. The van der Waals surface area contributed by atoms with E-state index in [1.807, 2.05) is 0 Å². The van der Waals surface area contributed by atoms with E-state index in [4.69, 9.17) is 0 Å². The van der Waals surface area contributed by atoms with Crippen LogP contribution in [0, 0.1) is 29.6 Å². The van der Waals surface area contributed by atoms with E-state index in [1.165, 1.54) is 38.5 Å². The van der Waals surface area contributed by atoms with Crippen LogP contribution in [0.1, 0.15) is 118 Å². The SMILES string of the molecule is CCCCC(CC)C[C@@H](O)[C@H](O)CCCC(C[C@H](O)C1CCC(C)CC1)C(C)C. The van der Waals surface area contributed by atoms with Gasteiger partial charge in [-0.05, 0) is 61.7 Å². The second-order valence-electron chi connectivity index (χ2n) is 10.5. The number of unbranched alkanes of at least 4 members (excludes halogenated alkanes) is 1. The van der Waals surface area contributed by atoms with Gasteiger partial charge in [-0.2, -0.15) is 0 Å². The second-order valence-corrected chi connectivity index (χ2v) is 10.5. The summed E-state index contributed by atoms with van der Waals surface area (Å²) in [7, 11) is 0. The van der Waals surface area contributed by atoms with Gasteiger partial charge < -0.3 is 15.3 Å². The lowest BCUT2D eigenvalue weighted by Gasteiger charge is -2.33. The average molecular weight is 413 g/mol. The Morgan fingerprint density at radius 1 is 0.793 bits per heavy atom. The van der Waals surface area contributed by atoms with E-state index in [1.54, 1.807) is 0 Å². The van der Waals surface area contributed by atoms with E-state index in [2.05, 4.69) is 34.6 Å². The maximum absolute atomic E-state index is 10.8. The molecule has 0 spiro atoms. The highest BCUT2D eigenvalue weighted by Gasteiger charge is 2.28. The van der Waals surface area contributed by atoms with Crippen molar-refractivity contribution in [2.75, 3.05) is 0 Å². The molecule has 3 N–H and O–H groups in total. The summed E-state index contributed by atoms with van der Waals surface area (Å²) >= 11 is 0. The minimum atomic E-state index is -0.608. The van der Waals surface area contributed by atoms with Crippen LogP contribution in [0.15, 0.2) is 0 Å². The Balaban J connectivity index is 2.37. The van der Waals surface area contributed by atoms with Crippen molar-refractivity contribution < 1.29 is 15.3 Å². The lowest BCUT2D eigenvalue weighted by molar-refractivity contribution is -0.00370. The van der Waals surface area contributed by atoms with Crippen molar-refractivity contribution in [2.24, 2.45) is 29.6 Å². The van der Waals surface area contributed by atoms with Crippen LogP contribution < -0.4 is 0 Å². The van der Waals surface area contributed by atoms with Gasteiger partial charge in [-0.3, -0.25) is 0 Å². The van der Waals surface area contributed by atoms with E-state index >= 15 is 0 Å². The fourth-order valence-electron chi connectivity index (χ4n) is 5.16. The van der Waals surface area contributed by atoms with Crippen LogP contribution in [-0.2, 0) is 0 Å². The Hall–Kier alpha value is -0.120. The summed E-state index contributed by atoms with van der Waals surface area (Å²) in [5.74, 6) is 2.88. The molecule has 1 rings (SSSR count). The molecule has 0 heterocycles. The lowest BCUT2D eigenvalue weighted by Crippen LogP contribution is -2.30. The summed E-state index contributed by atoms with van der Waals surface area (Å²) in [6, 6.07) is 0. The molecule has 174 valence electrons. The number of hydrogen-bond acceptors (Lipinski definition) is 3. The van der Waals surface area contributed by atoms with Crippen molar-refractivity contribution in [2.45, 2.75) is 136 Å². The molecule has 1 fully saturated rings. The van der Waals surface area contributed by atoms with Crippen LogP contribution in [0.25, 0.3) is 0 Å². The summed E-state index contributed by atoms with van der Waals surface area (Å²) in [6.45, 7) is 11.2. The van der Waals surface area contributed by atoms with Crippen molar-refractivity contribution >= 4 is 0 Å². The van der Waals surface area contributed by atoms with Crippen molar-refractivity contribution in [3.8, 4) is 0 Å². The largest absolute Gasteiger partial charge is 0.393 e. The number of aliphatic hydroxyl groups is 3. The van der Waals surface area contributed by atoms with Gasteiger partial charge in [-0.15, -0.1) is 0 Å². The molecule has 3 nitrogen and oxygen atoms in total. The van der Waals surface area contributed by atoms with Gasteiger partial charge in [0.15, 0.2) is 0 Å². The van der Waals surface area contributed by atoms with Gasteiger partial charge in [0.1, 0.15) is 0 Å². The van der Waals surface area contributed by atoms with Crippen LogP contribution in [0.4, 0.5) is 0 Å². The lowest BCUT2D eigenvalue weighted by atomic mass is 9.76. The van der Waals surface area contributed by atoms with Gasteiger partial charge in [-0.1, -0.05) is 86.0 Å². The fraction of sp³-hybridized carbons (Fsp3) is 1.00. The Kier molecular flexibility index (Phi) is 13.7. The first-order valence-electron chi connectivity index (χ1n) is 12.8. The molecular weight excluding hydrogens is 360 g/mol. The molecule has 0 aromatic rings. The minimum Gasteiger partial charge on any atom is -0.393 e. The Morgan fingerprint density at radius 2 is 1.45 bits per heavy atom. The van der Waals surface area contributed by atoms with Gasteiger partial charge >= 0.3 is 0 Å². The summed E-state index contributed by atoms with van der Waals surface area (Å²) in [6.07, 6.45) is 12.4. The number of aliphatic hydroxyl groups excluding tert-OH is 3. The van der Waals surface area contributed by atoms with Gasteiger partial charge in [0.2, 0.25) is 0 Å². The van der Waals surface area contributed by atoms with Gasteiger partial charge in [-0.25, -0.2) is 0 Å². The summed E-state index contributed by atoms with van der Waals surface area (Å²) in [5, 5.41) is 31.7. The smallest absolute Gasteiger partial charge is 0.0801 e. The van der Waals surface area contributed by atoms with Crippen LogP contribution in [0.2, 0.25) is 0 Å². The topological polar surface area (TPSA) is 60.7 Å². The molecule has 2 unspecified atom stereocenters. The predicted molar refractivity (Wildman–Crippen MR) is 124 cm³/mol. The van der Waals surface area contributed by atoms with Crippen molar-refractivity contribution in [3.05, 3.63) is 0 Å². The van der Waals surface area contributed by atoms with Crippen molar-refractivity contribution in [1.82, 2.24) is 0 Å². The molecule has 0 amide bonds. The van der Waals surface area contributed by atoms with Crippen molar-refractivity contribution in [3.63, 3.8) is 0 Å². The monoisotopic (exact) mass is 412 g/mol. The minimum absolute atomic E-state index is 0.172. The van der Waals surface area contributed by atoms with Crippen LogP contribution >= 0.6 is 0 Å². The van der Waals surface area contributed by atoms with Crippen molar-refractivity contribution in [1.29, 1.82) is 0 Å². The van der Waals surface area contributed by atoms with E-state index in [9.17, 15) is 15.3 Å². The molecular formula is C26H52O3. The average Bonchev–Trinajstić information content (AvgIpc) is 2.70. The van der Waals surface area contributed by atoms with Gasteiger partial charge in [0, 0.05) is 0 Å². The molecule has 5 atom stereocenters. The molecule has 0 radical (unpaired) electrons. The highest BCUT2D eigenvalue weighted by molar-refractivity contribution is 4.79. The number of rotatable bonds is 15. The highest BCUT2D eigenvalue weighted by Crippen LogP contribution is 2.34. The first-order valence-corrected chi connectivity index (χ1v) is 12.8. The van der Waals surface area contributed by atoms with Crippen LogP contribution in [0.5, 0.6) is 0 Å². The molecule has 29 heavy (non-hydrogen) atoms. The zero-order chi connectivity index (χ0) is 21.8. The van der Waals surface area contributed by atoms with Crippen LogP contribution in [-0.4, -0.2) is 33.6 Å². The van der Waals surface area contributed by atoms with E-state index < -0.39 is 12.2 Å². The zero-order valence-corrected chi connectivity index (χ0v) is 20.2. The van der Waals surface area contributed by atoms with E-state index in [-0.39, 0.29) is 6.10 Å². The van der Waals surface area contributed by atoms with Gasteiger partial charge in [0.05, 0.1) is 18.3 Å². The molecule has 0 aliphatic heterocycles. The summed E-state index contributed by atoms with van der Waals surface area (Å²) < 4.78 is 0. The summed E-state index contributed by atoms with van der Waals surface area (Å²) in [5.41, 5.74) is 0.